The van der Waals surface area contributed by atoms with E-state index in [2.05, 4.69) is 10.0 Å². The van der Waals surface area contributed by atoms with Crippen LogP contribution in [0.1, 0.15) is 28.8 Å². The van der Waals surface area contributed by atoms with E-state index in [1.54, 1.807) is 55.5 Å². The van der Waals surface area contributed by atoms with Gasteiger partial charge in [0.1, 0.15) is 12.4 Å². The summed E-state index contributed by atoms with van der Waals surface area (Å²) < 4.78 is 60.0. The molecule has 2 N–H and O–H groups in total. The van der Waals surface area contributed by atoms with Gasteiger partial charge in [-0.3, -0.25) is 9.52 Å². The molecule has 1 amide bonds. The Morgan fingerprint density at radius 2 is 1.57 bits per heavy atom. The third kappa shape index (κ3) is 6.48. The summed E-state index contributed by atoms with van der Waals surface area (Å²) in [4.78, 5) is 12.9. The number of anilines is 1. The number of ether oxygens (including phenoxy) is 1. The van der Waals surface area contributed by atoms with Crippen molar-refractivity contribution in [2.45, 2.75) is 29.6 Å². The molecule has 1 heterocycles. The molecule has 0 aliphatic carbocycles. The molecule has 11 heteroatoms. The molecule has 1 aliphatic heterocycles. The van der Waals surface area contributed by atoms with Crippen LogP contribution >= 0.6 is 0 Å². The van der Waals surface area contributed by atoms with Crippen molar-refractivity contribution in [2.24, 2.45) is 0 Å². The molecular formula is C26H29N3O6S2. The zero-order valence-electron chi connectivity index (χ0n) is 20.4. The Kier molecular flexibility index (Phi) is 8.16. The molecule has 0 aromatic heterocycles. The van der Waals surface area contributed by atoms with Gasteiger partial charge in [-0.05, 0) is 79.9 Å². The maximum atomic E-state index is 12.6. The van der Waals surface area contributed by atoms with Gasteiger partial charge in [0.15, 0.2) is 0 Å². The van der Waals surface area contributed by atoms with Crippen LogP contribution in [0, 0.1) is 6.92 Å². The number of benzene rings is 3. The average molecular weight is 544 g/mol. The number of aryl methyl sites for hydroxylation is 1. The molecule has 196 valence electrons. The summed E-state index contributed by atoms with van der Waals surface area (Å²) in [6.45, 7) is 3.24. The largest absolute Gasteiger partial charge is 0.492 e. The minimum absolute atomic E-state index is 0.152. The van der Waals surface area contributed by atoms with Crippen LogP contribution in [-0.2, 0) is 20.0 Å². The Hall–Kier alpha value is -3.41. The Morgan fingerprint density at radius 3 is 2.22 bits per heavy atom. The second-order valence-electron chi connectivity index (χ2n) is 8.64. The van der Waals surface area contributed by atoms with E-state index in [9.17, 15) is 21.6 Å². The summed E-state index contributed by atoms with van der Waals surface area (Å²) in [5.74, 6) is 0.178. The molecule has 3 aromatic rings. The van der Waals surface area contributed by atoms with Crippen molar-refractivity contribution in [3.63, 3.8) is 0 Å². The van der Waals surface area contributed by atoms with Crippen LogP contribution in [0.15, 0.2) is 82.6 Å². The first kappa shape index (κ1) is 26.6. The number of hydrogen-bond donors (Lipinski definition) is 2. The number of carbonyl (C=O) groups is 1. The van der Waals surface area contributed by atoms with Gasteiger partial charge in [0.05, 0.1) is 22.0 Å². The third-order valence-electron chi connectivity index (χ3n) is 5.97. The van der Waals surface area contributed by atoms with E-state index in [0.29, 0.717) is 35.7 Å². The van der Waals surface area contributed by atoms with Crippen molar-refractivity contribution in [1.82, 2.24) is 9.62 Å². The number of nitrogens with zero attached hydrogens (tertiary/aromatic N) is 1. The van der Waals surface area contributed by atoms with Crippen LogP contribution in [0.25, 0.3) is 0 Å². The molecular weight excluding hydrogens is 514 g/mol. The SMILES string of the molecule is Cc1cc(C(=O)NCCOc2ccc(S(=O)(=O)N3CCCC3)cc2)ccc1NS(=O)(=O)c1ccccc1. The number of amides is 1. The molecule has 0 radical (unpaired) electrons. The van der Waals surface area contributed by atoms with Gasteiger partial charge >= 0.3 is 0 Å². The molecule has 1 aliphatic rings. The number of hydrogen-bond acceptors (Lipinski definition) is 6. The quantitative estimate of drug-likeness (QED) is 0.378. The molecule has 0 spiro atoms. The number of nitrogens with one attached hydrogen (secondary N) is 2. The zero-order valence-corrected chi connectivity index (χ0v) is 22.0. The summed E-state index contributed by atoms with van der Waals surface area (Å²) in [7, 11) is -7.20. The number of sulfonamides is 2. The van der Waals surface area contributed by atoms with Crippen molar-refractivity contribution < 1.29 is 26.4 Å². The second kappa shape index (κ2) is 11.3. The van der Waals surface area contributed by atoms with Crippen LogP contribution in [-0.4, -0.2) is 53.3 Å². The highest BCUT2D eigenvalue weighted by Crippen LogP contribution is 2.23. The average Bonchev–Trinajstić information content (AvgIpc) is 3.45. The number of carbonyl (C=O) groups excluding carboxylic acids is 1. The van der Waals surface area contributed by atoms with Gasteiger partial charge in [0, 0.05) is 18.7 Å². The van der Waals surface area contributed by atoms with Crippen molar-refractivity contribution in [3.05, 3.63) is 83.9 Å². The van der Waals surface area contributed by atoms with Gasteiger partial charge in [-0.1, -0.05) is 18.2 Å². The zero-order chi connectivity index (χ0) is 26.5. The Morgan fingerprint density at radius 1 is 0.892 bits per heavy atom. The maximum Gasteiger partial charge on any atom is 0.261 e. The summed E-state index contributed by atoms with van der Waals surface area (Å²) >= 11 is 0. The molecule has 0 unspecified atom stereocenters. The summed E-state index contributed by atoms with van der Waals surface area (Å²) in [6, 6.07) is 19.0. The smallest absolute Gasteiger partial charge is 0.261 e. The van der Waals surface area contributed by atoms with Crippen molar-refractivity contribution in [3.8, 4) is 5.75 Å². The minimum Gasteiger partial charge on any atom is -0.492 e. The molecule has 3 aromatic carbocycles. The van der Waals surface area contributed by atoms with E-state index in [4.69, 9.17) is 4.74 Å². The molecule has 1 fully saturated rings. The van der Waals surface area contributed by atoms with E-state index < -0.39 is 20.0 Å². The first-order valence-electron chi connectivity index (χ1n) is 11.9. The molecule has 4 rings (SSSR count). The standard InChI is InChI=1S/C26H29N3O6S2/c1-20-19-21(9-14-25(20)28-36(31,32)23-7-3-2-4-8-23)26(30)27-15-18-35-22-10-12-24(13-11-22)37(33,34)29-16-5-6-17-29/h2-4,7-14,19,28H,5-6,15-18H2,1H3,(H,27,30). The van der Waals surface area contributed by atoms with Gasteiger partial charge in [-0.2, -0.15) is 4.31 Å². The highest BCUT2D eigenvalue weighted by molar-refractivity contribution is 7.92. The molecule has 9 nitrogen and oxygen atoms in total. The minimum atomic E-state index is -3.73. The Balaban J connectivity index is 1.27. The summed E-state index contributed by atoms with van der Waals surface area (Å²) in [6.07, 6.45) is 1.76. The summed E-state index contributed by atoms with van der Waals surface area (Å²) in [5.41, 5.74) is 1.38. The highest BCUT2D eigenvalue weighted by atomic mass is 32.2. The fourth-order valence-corrected chi connectivity index (χ4v) is 6.61. The fourth-order valence-electron chi connectivity index (χ4n) is 3.94. The van der Waals surface area contributed by atoms with E-state index in [-0.39, 0.29) is 28.8 Å². The normalized spacial score (nSPS) is 14.3. The van der Waals surface area contributed by atoms with E-state index >= 15 is 0 Å². The Bertz CT molecular complexity index is 1450. The van der Waals surface area contributed by atoms with E-state index in [1.807, 2.05) is 0 Å². The van der Waals surface area contributed by atoms with Gasteiger partial charge in [0.2, 0.25) is 10.0 Å². The molecule has 1 saturated heterocycles. The summed E-state index contributed by atoms with van der Waals surface area (Å²) in [5, 5.41) is 2.76. The monoisotopic (exact) mass is 543 g/mol. The van der Waals surface area contributed by atoms with Crippen molar-refractivity contribution >= 4 is 31.6 Å². The number of rotatable bonds is 10. The third-order valence-corrected chi connectivity index (χ3v) is 9.26. The fraction of sp³-hybridized carbons (Fsp3) is 0.269. The van der Waals surface area contributed by atoms with E-state index in [0.717, 1.165) is 12.8 Å². The lowest BCUT2D eigenvalue weighted by molar-refractivity contribution is 0.0947. The first-order valence-corrected chi connectivity index (χ1v) is 14.8. The van der Waals surface area contributed by atoms with Crippen LogP contribution in [0.4, 0.5) is 5.69 Å². The Labute approximate surface area is 217 Å². The van der Waals surface area contributed by atoms with Gasteiger partial charge in [-0.25, -0.2) is 16.8 Å². The van der Waals surface area contributed by atoms with Gasteiger partial charge < -0.3 is 10.1 Å². The second-order valence-corrected chi connectivity index (χ2v) is 12.3. The van der Waals surface area contributed by atoms with Gasteiger partial charge in [0.25, 0.3) is 15.9 Å². The van der Waals surface area contributed by atoms with E-state index in [1.165, 1.54) is 28.6 Å². The molecule has 0 saturated carbocycles. The van der Waals surface area contributed by atoms with Crippen LogP contribution in [0.2, 0.25) is 0 Å². The molecule has 0 atom stereocenters. The van der Waals surface area contributed by atoms with Crippen molar-refractivity contribution in [2.75, 3.05) is 31.0 Å². The highest BCUT2D eigenvalue weighted by Gasteiger charge is 2.27. The lowest BCUT2D eigenvalue weighted by atomic mass is 10.1. The van der Waals surface area contributed by atoms with Crippen molar-refractivity contribution in [1.29, 1.82) is 0 Å². The van der Waals surface area contributed by atoms with Crippen LogP contribution < -0.4 is 14.8 Å². The lowest BCUT2D eigenvalue weighted by Crippen LogP contribution is -2.28. The predicted molar refractivity (Wildman–Crippen MR) is 141 cm³/mol. The van der Waals surface area contributed by atoms with Gasteiger partial charge in [-0.15, -0.1) is 0 Å². The molecule has 0 bridgehead atoms. The van der Waals surface area contributed by atoms with Crippen LogP contribution in [0.3, 0.4) is 0 Å². The lowest BCUT2D eigenvalue weighted by Gasteiger charge is -2.15. The predicted octanol–water partition coefficient (Wildman–Crippen LogP) is 3.39. The topological polar surface area (TPSA) is 122 Å². The molecule has 37 heavy (non-hydrogen) atoms. The maximum absolute atomic E-state index is 12.6. The first-order chi connectivity index (χ1) is 17.7. The van der Waals surface area contributed by atoms with Crippen LogP contribution in [0.5, 0.6) is 5.75 Å².